The van der Waals surface area contributed by atoms with E-state index in [2.05, 4.69) is 17.6 Å². The van der Waals surface area contributed by atoms with Gasteiger partial charge >= 0.3 is 0 Å². The van der Waals surface area contributed by atoms with Crippen molar-refractivity contribution in [3.8, 4) is 0 Å². The predicted octanol–water partition coefficient (Wildman–Crippen LogP) is 0.917. The number of amides is 1. The zero-order valence-corrected chi connectivity index (χ0v) is 10.4. The number of hydrogen-bond donors (Lipinski definition) is 2. The van der Waals surface area contributed by atoms with E-state index in [4.69, 9.17) is 4.74 Å². The van der Waals surface area contributed by atoms with Crippen LogP contribution in [0.15, 0.2) is 0 Å². The van der Waals surface area contributed by atoms with Crippen LogP contribution in [0.25, 0.3) is 0 Å². The third-order valence-electron chi connectivity index (χ3n) is 3.10. The normalized spacial score (nSPS) is 22.8. The van der Waals surface area contributed by atoms with Crippen LogP contribution in [-0.4, -0.2) is 38.8 Å². The van der Waals surface area contributed by atoms with Gasteiger partial charge in [-0.05, 0) is 38.3 Å². The average Bonchev–Trinajstić information content (AvgIpc) is 2.29. The average molecular weight is 228 g/mol. The Morgan fingerprint density at radius 1 is 1.62 bits per heavy atom. The maximum Gasteiger partial charge on any atom is 0.220 e. The van der Waals surface area contributed by atoms with Gasteiger partial charge in [-0.15, -0.1) is 0 Å². The fourth-order valence-electron chi connectivity index (χ4n) is 2.11. The molecule has 0 aromatic carbocycles. The van der Waals surface area contributed by atoms with E-state index in [0.29, 0.717) is 18.9 Å². The fraction of sp³-hybridized carbons (Fsp3) is 0.917. The molecule has 4 heteroatoms. The first kappa shape index (κ1) is 13.5. The van der Waals surface area contributed by atoms with E-state index in [-0.39, 0.29) is 11.9 Å². The van der Waals surface area contributed by atoms with Gasteiger partial charge < -0.3 is 15.4 Å². The third-order valence-corrected chi connectivity index (χ3v) is 3.10. The standard InChI is InChI=1S/C12H24N2O2/c1-3-11(9-16-2)14-12(15)7-10-5-4-6-13-8-10/h10-11,13H,3-9H2,1-2H3,(H,14,15). The number of carbonyl (C=O) groups is 1. The van der Waals surface area contributed by atoms with E-state index in [0.717, 1.165) is 19.5 Å². The van der Waals surface area contributed by atoms with E-state index < -0.39 is 0 Å². The quantitative estimate of drug-likeness (QED) is 0.710. The molecule has 94 valence electrons. The number of nitrogens with one attached hydrogen (secondary N) is 2. The Balaban J connectivity index is 2.22. The van der Waals surface area contributed by atoms with Gasteiger partial charge in [-0.2, -0.15) is 0 Å². The van der Waals surface area contributed by atoms with Crippen LogP contribution in [0.5, 0.6) is 0 Å². The summed E-state index contributed by atoms with van der Waals surface area (Å²) in [5, 5.41) is 6.35. The van der Waals surface area contributed by atoms with Gasteiger partial charge in [-0.1, -0.05) is 6.92 Å². The van der Waals surface area contributed by atoms with Gasteiger partial charge in [-0.25, -0.2) is 0 Å². The lowest BCUT2D eigenvalue weighted by molar-refractivity contribution is -0.123. The van der Waals surface area contributed by atoms with E-state index in [1.54, 1.807) is 7.11 Å². The summed E-state index contributed by atoms with van der Waals surface area (Å²) in [7, 11) is 1.67. The third kappa shape index (κ3) is 4.94. The molecule has 16 heavy (non-hydrogen) atoms. The molecule has 1 amide bonds. The lowest BCUT2D eigenvalue weighted by atomic mass is 9.96. The van der Waals surface area contributed by atoms with Crippen LogP contribution >= 0.6 is 0 Å². The van der Waals surface area contributed by atoms with Crippen molar-refractivity contribution in [1.29, 1.82) is 0 Å². The summed E-state index contributed by atoms with van der Waals surface area (Å²) >= 11 is 0. The Bertz CT molecular complexity index is 194. The lowest BCUT2D eigenvalue weighted by Gasteiger charge is -2.23. The zero-order chi connectivity index (χ0) is 11.8. The Morgan fingerprint density at radius 2 is 2.44 bits per heavy atom. The molecule has 0 saturated carbocycles. The number of carbonyl (C=O) groups excluding carboxylic acids is 1. The summed E-state index contributed by atoms with van der Waals surface area (Å²) < 4.78 is 5.06. The predicted molar refractivity (Wildman–Crippen MR) is 64.3 cm³/mol. The maximum absolute atomic E-state index is 11.8. The second-order valence-electron chi connectivity index (χ2n) is 4.54. The molecule has 1 fully saturated rings. The highest BCUT2D eigenvalue weighted by atomic mass is 16.5. The number of rotatable bonds is 6. The minimum atomic E-state index is 0.161. The molecule has 0 bridgehead atoms. The van der Waals surface area contributed by atoms with Crippen molar-refractivity contribution >= 4 is 5.91 Å². The van der Waals surface area contributed by atoms with Crippen LogP contribution in [-0.2, 0) is 9.53 Å². The molecule has 1 rings (SSSR count). The molecule has 0 aromatic heterocycles. The van der Waals surface area contributed by atoms with Gasteiger partial charge in [0.05, 0.1) is 12.6 Å². The van der Waals surface area contributed by atoms with Crippen molar-refractivity contribution in [3.05, 3.63) is 0 Å². The molecular weight excluding hydrogens is 204 g/mol. The van der Waals surface area contributed by atoms with E-state index >= 15 is 0 Å². The Labute approximate surface area is 98.1 Å². The first-order valence-corrected chi connectivity index (χ1v) is 6.25. The summed E-state index contributed by atoms with van der Waals surface area (Å²) in [5.41, 5.74) is 0. The monoisotopic (exact) mass is 228 g/mol. The van der Waals surface area contributed by atoms with Crippen molar-refractivity contribution in [2.45, 2.75) is 38.6 Å². The van der Waals surface area contributed by atoms with Crippen LogP contribution in [0.1, 0.15) is 32.6 Å². The summed E-state index contributed by atoms with van der Waals surface area (Å²) in [6.07, 6.45) is 3.92. The summed E-state index contributed by atoms with van der Waals surface area (Å²) in [6.45, 7) is 4.74. The molecule has 2 unspecified atom stereocenters. The van der Waals surface area contributed by atoms with Crippen molar-refractivity contribution in [1.82, 2.24) is 10.6 Å². The van der Waals surface area contributed by atoms with Crippen LogP contribution in [0.3, 0.4) is 0 Å². The maximum atomic E-state index is 11.8. The molecular formula is C12H24N2O2. The highest BCUT2D eigenvalue weighted by Crippen LogP contribution is 2.13. The fourth-order valence-corrected chi connectivity index (χ4v) is 2.11. The van der Waals surface area contributed by atoms with Crippen LogP contribution in [0.4, 0.5) is 0 Å². The van der Waals surface area contributed by atoms with Crippen molar-refractivity contribution in [2.24, 2.45) is 5.92 Å². The Kier molecular flexibility index (Phi) is 6.42. The second kappa shape index (κ2) is 7.63. The summed E-state index contributed by atoms with van der Waals surface area (Å²) in [4.78, 5) is 11.8. The van der Waals surface area contributed by atoms with E-state index in [1.165, 1.54) is 12.8 Å². The highest BCUT2D eigenvalue weighted by molar-refractivity contribution is 5.76. The summed E-state index contributed by atoms with van der Waals surface area (Å²) in [5.74, 6) is 0.673. The van der Waals surface area contributed by atoms with Crippen LogP contribution in [0, 0.1) is 5.92 Å². The largest absolute Gasteiger partial charge is 0.383 e. The van der Waals surface area contributed by atoms with Gasteiger partial charge in [0.25, 0.3) is 0 Å². The van der Waals surface area contributed by atoms with Gasteiger partial charge in [0.1, 0.15) is 0 Å². The molecule has 1 saturated heterocycles. The molecule has 1 aliphatic rings. The van der Waals surface area contributed by atoms with E-state index in [1.807, 2.05) is 0 Å². The number of ether oxygens (including phenoxy) is 1. The Hall–Kier alpha value is -0.610. The van der Waals surface area contributed by atoms with Gasteiger partial charge in [-0.3, -0.25) is 4.79 Å². The molecule has 1 heterocycles. The molecule has 2 atom stereocenters. The van der Waals surface area contributed by atoms with Crippen molar-refractivity contribution in [3.63, 3.8) is 0 Å². The minimum absolute atomic E-state index is 0.161. The Morgan fingerprint density at radius 3 is 3.00 bits per heavy atom. The first-order valence-electron chi connectivity index (χ1n) is 6.25. The molecule has 0 radical (unpaired) electrons. The topological polar surface area (TPSA) is 50.4 Å². The minimum Gasteiger partial charge on any atom is -0.383 e. The van der Waals surface area contributed by atoms with Crippen molar-refractivity contribution < 1.29 is 9.53 Å². The van der Waals surface area contributed by atoms with Gasteiger partial charge in [0, 0.05) is 13.5 Å². The van der Waals surface area contributed by atoms with Crippen LogP contribution < -0.4 is 10.6 Å². The molecule has 0 aromatic rings. The molecule has 0 spiro atoms. The highest BCUT2D eigenvalue weighted by Gasteiger charge is 2.18. The van der Waals surface area contributed by atoms with Crippen LogP contribution in [0.2, 0.25) is 0 Å². The van der Waals surface area contributed by atoms with E-state index in [9.17, 15) is 4.79 Å². The molecule has 1 aliphatic heterocycles. The van der Waals surface area contributed by atoms with Crippen molar-refractivity contribution in [2.75, 3.05) is 26.8 Å². The number of piperidine rings is 1. The lowest BCUT2D eigenvalue weighted by Crippen LogP contribution is -2.40. The molecule has 4 nitrogen and oxygen atoms in total. The summed E-state index contributed by atoms with van der Waals surface area (Å²) in [6, 6.07) is 0.161. The zero-order valence-electron chi connectivity index (χ0n) is 10.4. The number of methoxy groups -OCH3 is 1. The number of hydrogen-bond acceptors (Lipinski definition) is 3. The first-order chi connectivity index (χ1) is 7.76. The smallest absolute Gasteiger partial charge is 0.220 e. The molecule has 0 aliphatic carbocycles. The molecule has 2 N–H and O–H groups in total. The van der Waals surface area contributed by atoms with Gasteiger partial charge in [0.2, 0.25) is 5.91 Å². The SMILES string of the molecule is CCC(COC)NC(=O)CC1CCCNC1. The second-order valence-corrected chi connectivity index (χ2v) is 4.54. The van der Waals surface area contributed by atoms with Gasteiger partial charge in [0.15, 0.2) is 0 Å².